The number of aromatic nitrogens is 1. The first-order chi connectivity index (χ1) is 18.4. The normalized spacial score (nSPS) is 24.6. The summed E-state index contributed by atoms with van der Waals surface area (Å²) in [5.74, 6) is 0.387. The maximum absolute atomic E-state index is 13.2. The summed E-state index contributed by atoms with van der Waals surface area (Å²) in [6, 6.07) is 16.7. The third kappa shape index (κ3) is 4.93. The van der Waals surface area contributed by atoms with Gasteiger partial charge >= 0.3 is 5.97 Å². The van der Waals surface area contributed by atoms with Gasteiger partial charge in [-0.3, -0.25) is 4.79 Å². The summed E-state index contributed by atoms with van der Waals surface area (Å²) in [5.41, 5.74) is 1.37. The van der Waals surface area contributed by atoms with Crippen LogP contribution in [0.15, 0.2) is 67.3 Å². The minimum atomic E-state index is -1.07. The fourth-order valence-corrected chi connectivity index (χ4v) is 5.30. The molecule has 2 aliphatic rings. The third-order valence-corrected chi connectivity index (χ3v) is 7.51. The van der Waals surface area contributed by atoms with E-state index >= 15 is 0 Å². The van der Waals surface area contributed by atoms with Gasteiger partial charge in [0.15, 0.2) is 0 Å². The lowest BCUT2D eigenvalue weighted by atomic mass is 10.1. The van der Waals surface area contributed by atoms with Gasteiger partial charge in [-0.05, 0) is 37.3 Å². The number of carbonyl (C=O) groups excluding carboxylic acids is 2. The van der Waals surface area contributed by atoms with E-state index < -0.39 is 17.6 Å². The Morgan fingerprint density at radius 3 is 2.71 bits per heavy atom. The molecule has 1 aromatic heterocycles. The number of hydrogen-bond acceptors (Lipinski definition) is 7. The Bertz CT molecular complexity index is 1370. The molecule has 1 aliphatic carbocycles. The van der Waals surface area contributed by atoms with Crippen molar-refractivity contribution in [3.8, 4) is 22.8 Å². The van der Waals surface area contributed by atoms with Crippen molar-refractivity contribution in [3.05, 3.63) is 67.3 Å². The van der Waals surface area contributed by atoms with E-state index in [1.807, 2.05) is 54.6 Å². The summed E-state index contributed by atoms with van der Waals surface area (Å²) in [6.07, 6.45) is 2.13. The van der Waals surface area contributed by atoms with Crippen LogP contribution in [0.4, 0.5) is 0 Å². The molecule has 38 heavy (non-hydrogen) atoms. The first kappa shape index (κ1) is 26.0. The average molecular weight is 536 g/mol. The second-order valence-electron chi connectivity index (χ2n) is 9.56. The molecule has 1 N–H and O–H groups in total. The van der Waals surface area contributed by atoms with E-state index in [4.69, 9.17) is 31.0 Å². The third-order valence-electron chi connectivity index (χ3n) is 7.13. The van der Waals surface area contributed by atoms with E-state index in [0.29, 0.717) is 30.9 Å². The SMILES string of the molecule is C=CC1CC1(NC(=O)C1CC(Oc2cc(-c3ccccc3)nc3cc(OC)ccc23)CN1Cl)C(=O)OCC. The first-order valence-electron chi connectivity index (χ1n) is 12.6. The van der Waals surface area contributed by atoms with Gasteiger partial charge in [0, 0.05) is 35.4 Å². The van der Waals surface area contributed by atoms with E-state index in [-0.39, 0.29) is 24.5 Å². The molecule has 2 aromatic carbocycles. The van der Waals surface area contributed by atoms with Gasteiger partial charge < -0.3 is 19.5 Å². The predicted molar refractivity (Wildman–Crippen MR) is 145 cm³/mol. The van der Waals surface area contributed by atoms with E-state index in [2.05, 4.69) is 11.9 Å². The molecule has 3 aromatic rings. The zero-order valence-corrected chi connectivity index (χ0v) is 22.1. The Kier molecular flexibility index (Phi) is 7.27. The lowest BCUT2D eigenvalue weighted by molar-refractivity contribution is -0.149. The summed E-state index contributed by atoms with van der Waals surface area (Å²) in [4.78, 5) is 30.7. The second kappa shape index (κ2) is 10.6. The number of fused-ring (bicyclic) bond motifs is 1. The number of ether oxygens (including phenoxy) is 3. The van der Waals surface area contributed by atoms with Gasteiger partial charge in [0.2, 0.25) is 5.91 Å². The lowest BCUT2D eigenvalue weighted by Crippen LogP contribution is -2.51. The van der Waals surface area contributed by atoms with Gasteiger partial charge in [-0.15, -0.1) is 6.58 Å². The molecule has 1 amide bonds. The molecular formula is C29H30ClN3O5. The van der Waals surface area contributed by atoms with Gasteiger partial charge in [-0.25, -0.2) is 14.2 Å². The number of rotatable bonds is 9. The van der Waals surface area contributed by atoms with Crippen LogP contribution < -0.4 is 14.8 Å². The Morgan fingerprint density at radius 1 is 1.24 bits per heavy atom. The van der Waals surface area contributed by atoms with Crippen LogP contribution in [0.2, 0.25) is 0 Å². The zero-order valence-electron chi connectivity index (χ0n) is 21.4. The van der Waals surface area contributed by atoms with Crippen molar-refractivity contribution in [3.63, 3.8) is 0 Å². The molecule has 0 bridgehead atoms. The smallest absolute Gasteiger partial charge is 0.332 e. The molecular weight excluding hydrogens is 506 g/mol. The molecule has 198 valence electrons. The molecule has 5 rings (SSSR count). The van der Waals surface area contributed by atoms with E-state index in [1.165, 1.54) is 4.42 Å². The van der Waals surface area contributed by atoms with Crippen LogP contribution in [0.5, 0.6) is 11.5 Å². The van der Waals surface area contributed by atoms with E-state index in [0.717, 1.165) is 22.2 Å². The first-order valence-corrected chi connectivity index (χ1v) is 13.0. The molecule has 0 radical (unpaired) electrons. The standard InChI is InChI=1S/C29H30ClN3O5/c1-4-19-16-29(19,28(35)37-5-2)32-27(34)25-14-21(17-33(25)30)38-26-15-23(18-9-7-6-8-10-18)31-24-13-20(36-3)11-12-22(24)26/h4,6-13,15,19,21,25H,1,5,14,16-17H2,2-3H3,(H,32,34). The summed E-state index contributed by atoms with van der Waals surface area (Å²) in [6.45, 7) is 6.08. The molecule has 1 saturated heterocycles. The van der Waals surface area contributed by atoms with Crippen molar-refractivity contribution in [2.45, 2.75) is 37.5 Å². The van der Waals surface area contributed by atoms with Gasteiger partial charge in [-0.1, -0.05) is 36.4 Å². The fraction of sp³-hybridized carbons (Fsp3) is 0.345. The summed E-state index contributed by atoms with van der Waals surface area (Å²) in [7, 11) is 1.61. The number of halogens is 1. The summed E-state index contributed by atoms with van der Waals surface area (Å²) in [5, 5.41) is 3.72. The molecule has 9 heteroatoms. The van der Waals surface area contributed by atoms with Gasteiger partial charge in [-0.2, -0.15) is 0 Å². The summed E-state index contributed by atoms with van der Waals surface area (Å²) >= 11 is 6.51. The predicted octanol–water partition coefficient (Wildman–Crippen LogP) is 4.51. The maximum Gasteiger partial charge on any atom is 0.332 e. The van der Waals surface area contributed by atoms with Crippen LogP contribution in [-0.2, 0) is 14.3 Å². The highest BCUT2D eigenvalue weighted by molar-refractivity contribution is 6.15. The largest absolute Gasteiger partial charge is 0.497 e. The molecule has 2 fully saturated rings. The van der Waals surface area contributed by atoms with Gasteiger partial charge in [0.25, 0.3) is 0 Å². The molecule has 8 nitrogen and oxygen atoms in total. The van der Waals surface area contributed by atoms with Crippen molar-refractivity contribution >= 4 is 34.6 Å². The van der Waals surface area contributed by atoms with Crippen LogP contribution in [0.1, 0.15) is 19.8 Å². The second-order valence-corrected chi connectivity index (χ2v) is 9.99. The number of pyridine rings is 1. The number of nitrogens with zero attached hydrogens (tertiary/aromatic N) is 2. The van der Waals surface area contributed by atoms with E-state index in [9.17, 15) is 9.59 Å². The van der Waals surface area contributed by atoms with Gasteiger partial charge in [0.05, 0.1) is 31.5 Å². The number of nitrogens with one attached hydrogen (secondary N) is 1. The van der Waals surface area contributed by atoms with Crippen LogP contribution in [0.3, 0.4) is 0 Å². The van der Waals surface area contributed by atoms with Crippen molar-refractivity contribution in [2.24, 2.45) is 5.92 Å². The van der Waals surface area contributed by atoms with Crippen molar-refractivity contribution in [1.29, 1.82) is 0 Å². The van der Waals surface area contributed by atoms with Crippen LogP contribution in [0.25, 0.3) is 22.2 Å². The fourth-order valence-electron chi connectivity index (χ4n) is 4.98. The summed E-state index contributed by atoms with van der Waals surface area (Å²) < 4.78 is 18.5. The Hall–Kier alpha value is -3.62. The number of amides is 1. The van der Waals surface area contributed by atoms with Crippen LogP contribution in [-0.4, -0.2) is 59.2 Å². The maximum atomic E-state index is 13.2. The van der Waals surface area contributed by atoms with Crippen molar-refractivity contribution < 1.29 is 23.8 Å². The molecule has 1 saturated carbocycles. The highest BCUT2D eigenvalue weighted by atomic mass is 35.5. The number of esters is 1. The molecule has 1 aliphatic heterocycles. The minimum absolute atomic E-state index is 0.167. The number of carbonyl (C=O) groups is 2. The highest BCUT2D eigenvalue weighted by Gasteiger charge is 2.61. The average Bonchev–Trinajstić information content (AvgIpc) is 3.53. The molecule has 4 atom stereocenters. The lowest BCUT2D eigenvalue weighted by Gasteiger charge is -2.21. The molecule has 4 unspecified atom stereocenters. The Balaban J connectivity index is 1.37. The van der Waals surface area contributed by atoms with Gasteiger partial charge in [0.1, 0.15) is 29.2 Å². The number of benzene rings is 2. The quantitative estimate of drug-likeness (QED) is 0.245. The number of hydrogen-bond donors (Lipinski definition) is 1. The monoisotopic (exact) mass is 535 g/mol. The topological polar surface area (TPSA) is 90.0 Å². The zero-order chi connectivity index (χ0) is 26.9. The van der Waals surface area contributed by atoms with E-state index in [1.54, 1.807) is 20.1 Å². The molecule has 0 spiro atoms. The Labute approximate surface area is 226 Å². The van der Waals surface area contributed by atoms with Crippen molar-refractivity contribution in [2.75, 3.05) is 20.3 Å². The molecule has 2 heterocycles. The Morgan fingerprint density at radius 2 is 2.03 bits per heavy atom. The van der Waals surface area contributed by atoms with Crippen molar-refractivity contribution in [1.82, 2.24) is 14.7 Å². The minimum Gasteiger partial charge on any atom is -0.497 e. The van der Waals surface area contributed by atoms with Crippen LogP contribution in [0, 0.1) is 5.92 Å². The highest BCUT2D eigenvalue weighted by Crippen LogP contribution is 2.46. The number of methoxy groups -OCH3 is 1. The van der Waals surface area contributed by atoms with Crippen LogP contribution >= 0.6 is 11.8 Å².